The number of nitrogens with zero attached hydrogens (tertiary/aromatic N) is 3. The maximum Gasteiger partial charge on any atom is 0.137 e. The molecule has 0 saturated carbocycles. The zero-order valence-corrected chi connectivity index (χ0v) is 13.0. The molecule has 21 heavy (non-hydrogen) atoms. The summed E-state index contributed by atoms with van der Waals surface area (Å²) in [4.78, 5) is 10.9. The number of halogens is 1. The van der Waals surface area contributed by atoms with E-state index in [0.29, 0.717) is 5.02 Å². The molecule has 2 unspecified atom stereocenters. The summed E-state index contributed by atoms with van der Waals surface area (Å²) < 4.78 is 5.84. The van der Waals surface area contributed by atoms with Crippen molar-refractivity contribution in [2.75, 3.05) is 32.1 Å². The van der Waals surface area contributed by atoms with Crippen LogP contribution in [0, 0.1) is 0 Å². The van der Waals surface area contributed by atoms with Crippen molar-refractivity contribution in [2.45, 2.75) is 19.1 Å². The second-order valence-electron chi connectivity index (χ2n) is 5.49. The van der Waals surface area contributed by atoms with Crippen LogP contribution in [-0.2, 0) is 4.74 Å². The van der Waals surface area contributed by atoms with Crippen molar-refractivity contribution >= 4 is 28.3 Å². The van der Waals surface area contributed by atoms with Crippen LogP contribution in [0.4, 0.5) is 5.82 Å². The van der Waals surface area contributed by atoms with Crippen molar-refractivity contribution < 1.29 is 4.74 Å². The minimum Gasteiger partial charge on any atom is -0.373 e. The molecule has 2 atom stereocenters. The van der Waals surface area contributed by atoms with Gasteiger partial charge in [0, 0.05) is 23.5 Å². The van der Waals surface area contributed by atoms with Crippen LogP contribution in [0.15, 0.2) is 24.5 Å². The first-order valence-corrected chi connectivity index (χ1v) is 7.48. The van der Waals surface area contributed by atoms with E-state index >= 15 is 0 Å². The minimum absolute atomic E-state index is 0.154. The summed E-state index contributed by atoms with van der Waals surface area (Å²) in [6.07, 6.45) is 1.71. The topological polar surface area (TPSA) is 50.3 Å². The Kier molecular flexibility index (Phi) is 4.24. The minimum atomic E-state index is 0.154. The first kappa shape index (κ1) is 14.5. The molecule has 1 aliphatic heterocycles. The highest BCUT2D eigenvalue weighted by Crippen LogP contribution is 2.23. The van der Waals surface area contributed by atoms with Gasteiger partial charge in [0.25, 0.3) is 0 Å². The normalized spacial score (nSPS) is 21.4. The van der Waals surface area contributed by atoms with Gasteiger partial charge in [-0.3, -0.25) is 0 Å². The molecule has 0 spiro atoms. The third-order valence-electron chi connectivity index (χ3n) is 3.82. The monoisotopic (exact) mass is 306 g/mol. The second kappa shape index (κ2) is 6.13. The molecule has 1 aliphatic rings. The Hall–Kier alpha value is -1.43. The smallest absolute Gasteiger partial charge is 0.137 e. The third-order valence-corrected chi connectivity index (χ3v) is 4.05. The first-order chi connectivity index (χ1) is 10.1. The number of hydrogen-bond acceptors (Lipinski definition) is 5. The van der Waals surface area contributed by atoms with Crippen LogP contribution >= 0.6 is 11.6 Å². The standard InChI is InChI=1S/C15H19ClN4O/c1-10(14-8-20(2)5-6-21-14)19-15-12-4-3-11(16)7-13(12)17-9-18-15/h3-4,7,9-10,14H,5-6,8H2,1-2H3,(H,17,18,19). The van der Waals surface area contributed by atoms with E-state index in [1.165, 1.54) is 0 Å². The van der Waals surface area contributed by atoms with Crippen LogP contribution in [0.1, 0.15) is 6.92 Å². The van der Waals surface area contributed by atoms with Gasteiger partial charge >= 0.3 is 0 Å². The fraction of sp³-hybridized carbons (Fsp3) is 0.467. The molecule has 2 aromatic rings. The van der Waals surface area contributed by atoms with Gasteiger partial charge in [0.1, 0.15) is 12.1 Å². The van der Waals surface area contributed by atoms with Gasteiger partial charge in [-0.25, -0.2) is 9.97 Å². The van der Waals surface area contributed by atoms with Gasteiger partial charge in [-0.05, 0) is 32.2 Å². The van der Waals surface area contributed by atoms with E-state index in [9.17, 15) is 0 Å². The molecule has 1 N–H and O–H groups in total. The first-order valence-electron chi connectivity index (χ1n) is 7.10. The summed E-state index contributed by atoms with van der Waals surface area (Å²) in [5, 5.41) is 5.10. The number of anilines is 1. The summed E-state index contributed by atoms with van der Waals surface area (Å²) in [5.74, 6) is 0.820. The van der Waals surface area contributed by atoms with E-state index in [1.807, 2.05) is 18.2 Å². The number of likely N-dealkylation sites (N-methyl/N-ethyl adjacent to an activating group) is 1. The average molecular weight is 307 g/mol. The fourth-order valence-electron chi connectivity index (χ4n) is 2.57. The lowest BCUT2D eigenvalue weighted by molar-refractivity contribution is -0.0259. The van der Waals surface area contributed by atoms with E-state index in [0.717, 1.165) is 36.4 Å². The second-order valence-corrected chi connectivity index (χ2v) is 5.92. The van der Waals surface area contributed by atoms with Gasteiger partial charge < -0.3 is 15.0 Å². The zero-order valence-electron chi connectivity index (χ0n) is 12.2. The highest BCUT2D eigenvalue weighted by atomic mass is 35.5. The van der Waals surface area contributed by atoms with Gasteiger partial charge in [-0.2, -0.15) is 0 Å². The van der Waals surface area contributed by atoms with Gasteiger partial charge in [0.15, 0.2) is 0 Å². The van der Waals surface area contributed by atoms with Crippen LogP contribution < -0.4 is 5.32 Å². The molecule has 112 valence electrons. The number of aromatic nitrogens is 2. The van der Waals surface area contributed by atoms with E-state index in [1.54, 1.807) is 6.33 Å². The summed E-state index contributed by atoms with van der Waals surface area (Å²) in [7, 11) is 2.12. The van der Waals surface area contributed by atoms with Crippen molar-refractivity contribution in [3.63, 3.8) is 0 Å². The molecule has 2 heterocycles. The van der Waals surface area contributed by atoms with E-state index in [2.05, 4.69) is 34.2 Å². The SMILES string of the molecule is CC(Nc1ncnc2cc(Cl)ccc12)C1CN(C)CCO1. The number of hydrogen-bond donors (Lipinski definition) is 1. The third kappa shape index (κ3) is 3.26. The Morgan fingerprint density at radius 1 is 1.43 bits per heavy atom. The van der Waals surface area contributed by atoms with Crippen LogP contribution in [0.25, 0.3) is 10.9 Å². The van der Waals surface area contributed by atoms with Crippen molar-refractivity contribution in [3.05, 3.63) is 29.5 Å². The molecule has 0 radical (unpaired) electrons. The predicted octanol–water partition coefficient (Wildman–Crippen LogP) is 2.41. The van der Waals surface area contributed by atoms with Crippen molar-refractivity contribution in [1.82, 2.24) is 14.9 Å². The Balaban J connectivity index is 1.81. The van der Waals surface area contributed by atoms with Crippen molar-refractivity contribution in [1.29, 1.82) is 0 Å². The number of fused-ring (bicyclic) bond motifs is 1. The van der Waals surface area contributed by atoms with E-state index in [-0.39, 0.29) is 12.1 Å². The Morgan fingerprint density at radius 3 is 3.10 bits per heavy atom. The highest BCUT2D eigenvalue weighted by molar-refractivity contribution is 6.31. The summed E-state index contributed by atoms with van der Waals surface area (Å²) in [6.45, 7) is 4.79. The highest BCUT2D eigenvalue weighted by Gasteiger charge is 2.24. The summed E-state index contributed by atoms with van der Waals surface area (Å²) in [6, 6.07) is 5.81. The zero-order chi connectivity index (χ0) is 14.8. The van der Waals surface area contributed by atoms with Gasteiger partial charge in [-0.15, -0.1) is 0 Å². The molecule has 1 fully saturated rings. The summed E-state index contributed by atoms with van der Waals surface area (Å²) in [5.41, 5.74) is 0.842. The Bertz CT molecular complexity index is 636. The van der Waals surface area contributed by atoms with E-state index < -0.39 is 0 Å². The van der Waals surface area contributed by atoms with Crippen LogP contribution in [0.5, 0.6) is 0 Å². The predicted molar refractivity (Wildman–Crippen MR) is 84.9 cm³/mol. The van der Waals surface area contributed by atoms with Crippen molar-refractivity contribution in [3.8, 4) is 0 Å². The van der Waals surface area contributed by atoms with Crippen LogP contribution in [0.3, 0.4) is 0 Å². The van der Waals surface area contributed by atoms with Crippen LogP contribution in [-0.4, -0.2) is 53.8 Å². The van der Waals surface area contributed by atoms with Gasteiger partial charge in [-0.1, -0.05) is 11.6 Å². The van der Waals surface area contributed by atoms with Gasteiger partial charge in [0.05, 0.1) is 24.3 Å². The molecular weight excluding hydrogens is 288 g/mol. The largest absolute Gasteiger partial charge is 0.373 e. The number of morpholine rings is 1. The number of nitrogens with one attached hydrogen (secondary N) is 1. The summed E-state index contributed by atoms with van der Waals surface area (Å²) >= 11 is 6.01. The molecular formula is C15H19ClN4O. The van der Waals surface area contributed by atoms with Gasteiger partial charge in [0.2, 0.25) is 0 Å². The Morgan fingerprint density at radius 2 is 2.29 bits per heavy atom. The number of benzene rings is 1. The maximum atomic E-state index is 6.01. The fourth-order valence-corrected chi connectivity index (χ4v) is 2.73. The lowest BCUT2D eigenvalue weighted by Gasteiger charge is -2.34. The quantitative estimate of drug-likeness (QED) is 0.944. The number of ether oxygens (including phenoxy) is 1. The van der Waals surface area contributed by atoms with E-state index in [4.69, 9.17) is 16.3 Å². The average Bonchev–Trinajstić information content (AvgIpc) is 2.47. The molecule has 5 nitrogen and oxygen atoms in total. The Labute approximate surface area is 129 Å². The molecule has 0 bridgehead atoms. The molecule has 3 rings (SSSR count). The molecule has 0 amide bonds. The molecule has 1 aromatic carbocycles. The van der Waals surface area contributed by atoms with Crippen LogP contribution in [0.2, 0.25) is 5.02 Å². The lowest BCUT2D eigenvalue weighted by Crippen LogP contribution is -2.47. The molecule has 1 saturated heterocycles. The van der Waals surface area contributed by atoms with Crippen molar-refractivity contribution in [2.24, 2.45) is 0 Å². The maximum absolute atomic E-state index is 6.01. The molecule has 0 aliphatic carbocycles. The molecule has 6 heteroatoms. The lowest BCUT2D eigenvalue weighted by atomic mass is 10.1. The number of rotatable bonds is 3. The molecule has 1 aromatic heterocycles.